The van der Waals surface area contributed by atoms with Crippen LogP contribution in [0.25, 0.3) is 11.3 Å². The molecule has 3 rings (SSSR count). The Hall–Kier alpha value is -1.72. The van der Waals surface area contributed by atoms with Crippen molar-refractivity contribution in [2.75, 3.05) is 18.9 Å². The Kier molecular flexibility index (Phi) is 3.80. The molecule has 0 atom stereocenters. The van der Waals surface area contributed by atoms with E-state index in [4.69, 9.17) is 0 Å². The van der Waals surface area contributed by atoms with Gasteiger partial charge in [-0.3, -0.25) is 4.79 Å². The molecule has 104 valence electrons. The molecule has 0 saturated heterocycles. The number of hydrogen-bond donors (Lipinski definition) is 2. The van der Waals surface area contributed by atoms with E-state index in [9.17, 15) is 4.79 Å². The van der Waals surface area contributed by atoms with Crippen LogP contribution in [0.15, 0.2) is 23.6 Å². The highest BCUT2D eigenvalue weighted by Crippen LogP contribution is 2.29. The second kappa shape index (κ2) is 5.73. The molecule has 1 aromatic carbocycles. The van der Waals surface area contributed by atoms with Crippen molar-refractivity contribution >= 4 is 22.4 Å². The number of aryl methyl sites for hydroxylation is 2. The standard InChI is InChI=1S/C15H17N3OS/c1-16-8-14(19)18-15-17-13(9-20-15)12-6-5-10-3-2-4-11(10)7-12/h5-7,9,16H,2-4,8H2,1H3,(H,17,18,19). The van der Waals surface area contributed by atoms with Crippen molar-refractivity contribution in [2.45, 2.75) is 19.3 Å². The number of thiazole rings is 1. The van der Waals surface area contributed by atoms with Gasteiger partial charge in [-0.1, -0.05) is 12.1 Å². The lowest BCUT2D eigenvalue weighted by Crippen LogP contribution is -2.24. The van der Waals surface area contributed by atoms with Gasteiger partial charge in [0.15, 0.2) is 5.13 Å². The van der Waals surface area contributed by atoms with Crippen LogP contribution in [0.1, 0.15) is 17.5 Å². The molecule has 0 aliphatic heterocycles. The zero-order valence-corrected chi connectivity index (χ0v) is 12.2. The van der Waals surface area contributed by atoms with Gasteiger partial charge in [0.1, 0.15) is 0 Å². The van der Waals surface area contributed by atoms with Gasteiger partial charge in [-0.15, -0.1) is 11.3 Å². The Morgan fingerprint density at radius 3 is 3.05 bits per heavy atom. The van der Waals surface area contributed by atoms with Gasteiger partial charge in [0.25, 0.3) is 0 Å². The zero-order chi connectivity index (χ0) is 13.9. The Bertz CT molecular complexity index is 636. The first-order valence-corrected chi connectivity index (χ1v) is 7.66. The summed E-state index contributed by atoms with van der Waals surface area (Å²) in [6.45, 7) is 0.299. The molecule has 1 amide bonds. The van der Waals surface area contributed by atoms with Crippen molar-refractivity contribution in [3.63, 3.8) is 0 Å². The summed E-state index contributed by atoms with van der Waals surface area (Å²) >= 11 is 1.46. The third-order valence-corrected chi connectivity index (χ3v) is 4.24. The Labute approximate surface area is 122 Å². The summed E-state index contributed by atoms with van der Waals surface area (Å²) in [6.07, 6.45) is 3.61. The van der Waals surface area contributed by atoms with Crippen LogP contribution in [0, 0.1) is 0 Å². The summed E-state index contributed by atoms with van der Waals surface area (Å²) in [6, 6.07) is 6.56. The highest BCUT2D eigenvalue weighted by atomic mass is 32.1. The minimum absolute atomic E-state index is 0.0673. The molecule has 4 nitrogen and oxygen atoms in total. The van der Waals surface area contributed by atoms with E-state index in [0.29, 0.717) is 11.7 Å². The molecule has 20 heavy (non-hydrogen) atoms. The number of amides is 1. The SMILES string of the molecule is CNCC(=O)Nc1nc(-c2ccc3c(c2)CCC3)cs1. The van der Waals surface area contributed by atoms with Gasteiger partial charge in [0.2, 0.25) is 5.91 Å². The van der Waals surface area contributed by atoms with Crippen molar-refractivity contribution < 1.29 is 4.79 Å². The third-order valence-electron chi connectivity index (χ3n) is 3.48. The van der Waals surface area contributed by atoms with Crippen LogP contribution >= 0.6 is 11.3 Å². The number of carbonyl (C=O) groups is 1. The number of hydrogen-bond acceptors (Lipinski definition) is 4. The number of rotatable bonds is 4. The Balaban J connectivity index is 1.78. The average Bonchev–Trinajstić information content (AvgIpc) is 3.06. The van der Waals surface area contributed by atoms with Gasteiger partial charge in [-0.25, -0.2) is 4.98 Å². The quantitative estimate of drug-likeness (QED) is 0.908. The smallest absolute Gasteiger partial charge is 0.240 e. The molecule has 0 bridgehead atoms. The average molecular weight is 287 g/mol. The van der Waals surface area contributed by atoms with Gasteiger partial charge in [0.05, 0.1) is 12.2 Å². The van der Waals surface area contributed by atoms with Crippen molar-refractivity contribution in [3.8, 4) is 11.3 Å². The van der Waals surface area contributed by atoms with Crippen LogP contribution in [0.3, 0.4) is 0 Å². The topological polar surface area (TPSA) is 54.0 Å². The highest BCUT2D eigenvalue weighted by Gasteiger charge is 2.13. The molecular weight excluding hydrogens is 270 g/mol. The fraction of sp³-hybridized carbons (Fsp3) is 0.333. The van der Waals surface area contributed by atoms with E-state index in [-0.39, 0.29) is 5.91 Å². The molecule has 0 spiro atoms. The van der Waals surface area contributed by atoms with Crippen molar-refractivity contribution in [2.24, 2.45) is 0 Å². The largest absolute Gasteiger partial charge is 0.311 e. The summed E-state index contributed by atoms with van der Waals surface area (Å²) < 4.78 is 0. The molecule has 0 saturated carbocycles. The maximum atomic E-state index is 11.5. The first-order chi connectivity index (χ1) is 9.76. The molecule has 5 heteroatoms. The molecule has 2 aromatic rings. The van der Waals surface area contributed by atoms with Gasteiger partial charge in [-0.05, 0) is 43.5 Å². The molecule has 1 aliphatic carbocycles. The van der Waals surface area contributed by atoms with Crippen LogP contribution in [-0.4, -0.2) is 24.5 Å². The van der Waals surface area contributed by atoms with Crippen molar-refractivity contribution in [1.29, 1.82) is 0 Å². The van der Waals surface area contributed by atoms with Crippen molar-refractivity contribution in [1.82, 2.24) is 10.3 Å². The number of anilines is 1. The number of fused-ring (bicyclic) bond motifs is 1. The minimum atomic E-state index is -0.0673. The maximum Gasteiger partial charge on any atom is 0.240 e. The summed E-state index contributed by atoms with van der Waals surface area (Å²) in [7, 11) is 1.75. The predicted molar refractivity (Wildman–Crippen MR) is 82.1 cm³/mol. The molecule has 0 fully saturated rings. The molecule has 1 heterocycles. The maximum absolute atomic E-state index is 11.5. The second-order valence-electron chi connectivity index (χ2n) is 4.95. The summed E-state index contributed by atoms with van der Waals surface area (Å²) in [4.78, 5) is 16.0. The lowest BCUT2D eigenvalue weighted by atomic mass is 10.1. The lowest BCUT2D eigenvalue weighted by molar-refractivity contribution is -0.115. The van der Waals surface area contributed by atoms with E-state index in [2.05, 4.69) is 33.8 Å². The third kappa shape index (κ3) is 2.73. The number of aromatic nitrogens is 1. The summed E-state index contributed by atoms with van der Waals surface area (Å²) in [5.41, 5.74) is 4.98. The second-order valence-corrected chi connectivity index (χ2v) is 5.81. The van der Waals surface area contributed by atoms with E-state index >= 15 is 0 Å². The zero-order valence-electron chi connectivity index (χ0n) is 11.4. The number of nitrogens with one attached hydrogen (secondary N) is 2. The highest BCUT2D eigenvalue weighted by molar-refractivity contribution is 7.14. The lowest BCUT2D eigenvalue weighted by Gasteiger charge is -2.02. The first kappa shape index (κ1) is 13.3. The van der Waals surface area contributed by atoms with Crippen LogP contribution in [0.5, 0.6) is 0 Å². The van der Waals surface area contributed by atoms with E-state index in [0.717, 1.165) is 11.3 Å². The van der Waals surface area contributed by atoms with Crippen LogP contribution in [0.2, 0.25) is 0 Å². The fourth-order valence-electron chi connectivity index (χ4n) is 2.52. The minimum Gasteiger partial charge on any atom is -0.311 e. The van der Waals surface area contributed by atoms with Crippen molar-refractivity contribution in [3.05, 3.63) is 34.7 Å². The van der Waals surface area contributed by atoms with Gasteiger partial charge in [-0.2, -0.15) is 0 Å². The van der Waals surface area contributed by atoms with Crippen LogP contribution in [-0.2, 0) is 17.6 Å². The molecule has 1 aliphatic rings. The molecule has 0 radical (unpaired) electrons. The normalized spacial score (nSPS) is 13.2. The molecule has 1 aromatic heterocycles. The monoisotopic (exact) mass is 287 g/mol. The number of nitrogens with zero attached hydrogens (tertiary/aromatic N) is 1. The Morgan fingerprint density at radius 2 is 2.20 bits per heavy atom. The summed E-state index contributed by atoms with van der Waals surface area (Å²) in [5.74, 6) is -0.0673. The van der Waals surface area contributed by atoms with Crippen LogP contribution in [0.4, 0.5) is 5.13 Å². The van der Waals surface area contributed by atoms with E-state index < -0.39 is 0 Å². The Morgan fingerprint density at radius 1 is 1.35 bits per heavy atom. The van der Waals surface area contributed by atoms with E-state index in [1.54, 1.807) is 7.05 Å². The molecular formula is C15H17N3OS. The van der Waals surface area contributed by atoms with E-state index in [1.807, 2.05) is 5.38 Å². The van der Waals surface area contributed by atoms with Crippen LogP contribution < -0.4 is 10.6 Å². The predicted octanol–water partition coefficient (Wildman–Crippen LogP) is 2.46. The van der Waals surface area contributed by atoms with Gasteiger partial charge < -0.3 is 10.6 Å². The fourth-order valence-corrected chi connectivity index (χ4v) is 3.25. The molecule has 2 N–H and O–H groups in total. The molecule has 0 unspecified atom stereocenters. The first-order valence-electron chi connectivity index (χ1n) is 6.78. The van der Waals surface area contributed by atoms with E-state index in [1.165, 1.54) is 41.7 Å². The summed E-state index contributed by atoms with van der Waals surface area (Å²) in [5, 5.41) is 8.26. The number of benzene rings is 1. The number of likely N-dealkylation sites (N-methyl/N-ethyl adjacent to an activating group) is 1. The van der Waals surface area contributed by atoms with Gasteiger partial charge in [0, 0.05) is 10.9 Å². The number of carbonyl (C=O) groups excluding carboxylic acids is 1. The van der Waals surface area contributed by atoms with Gasteiger partial charge >= 0.3 is 0 Å².